The number of carbonyl (C=O) groups is 2. The smallest absolute Gasteiger partial charge is 0.226 e. The molecule has 0 saturated carbocycles. The van der Waals surface area contributed by atoms with Crippen LogP contribution in [0.4, 0.5) is 0 Å². The van der Waals surface area contributed by atoms with Gasteiger partial charge >= 0.3 is 0 Å². The topological polar surface area (TPSA) is 80.1 Å². The minimum absolute atomic E-state index is 0.0157. The zero-order chi connectivity index (χ0) is 16.4. The van der Waals surface area contributed by atoms with E-state index in [0.717, 1.165) is 5.56 Å². The van der Waals surface area contributed by atoms with Gasteiger partial charge in [-0.2, -0.15) is 5.10 Å². The van der Waals surface area contributed by atoms with E-state index in [2.05, 4.69) is 15.4 Å². The Bertz CT molecular complexity index is 712. The van der Waals surface area contributed by atoms with Gasteiger partial charge in [-0.05, 0) is 17.7 Å². The number of nitrogens with one attached hydrogen (secondary N) is 1. The number of pyridine rings is 1. The number of aryl methyl sites for hydroxylation is 1. The third-order valence-electron chi connectivity index (χ3n) is 4.07. The van der Waals surface area contributed by atoms with Crippen molar-refractivity contribution < 1.29 is 9.59 Å². The Balaban J connectivity index is 1.72. The molecule has 1 saturated heterocycles. The van der Waals surface area contributed by atoms with E-state index < -0.39 is 0 Å². The molecule has 1 aliphatic heterocycles. The standard InChI is InChI=1S/C16H19N5O2/c1-20-7-5-12(19-20)8-14(22)18-13-9-15(23)21(2)16(13)11-4-3-6-17-10-11/h3-7,10,13,16H,8-9H2,1-2H3,(H,18,22)/t13-,16+/m1/s1. The molecule has 2 aromatic heterocycles. The summed E-state index contributed by atoms with van der Waals surface area (Å²) in [5.41, 5.74) is 1.63. The lowest BCUT2D eigenvalue weighted by molar-refractivity contribution is -0.127. The summed E-state index contributed by atoms with van der Waals surface area (Å²) in [5.74, 6) is -0.118. The first-order valence-electron chi connectivity index (χ1n) is 7.48. The minimum atomic E-state index is -0.257. The number of hydrogen-bond donors (Lipinski definition) is 1. The van der Waals surface area contributed by atoms with Crippen LogP contribution in [0.25, 0.3) is 0 Å². The van der Waals surface area contributed by atoms with Crippen molar-refractivity contribution in [2.75, 3.05) is 7.05 Å². The molecule has 0 aliphatic carbocycles. The van der Waals surface area contributed by atoms with Crippen LogP contribution in [0.3, 0.4) is 0 Å². The molecule has 0 aromatic carbocycles. The molecule has 1 fully saturated rings. The number of likely N-dealkylation sites (tertiary alicyclic amines) is 1. The molecular formula is C16H19N5O2. The van der Waals surface area contributed by atoms with E-state index in [-0.39, 0.29) is 30.3 Å². The molecule has 0 spiro atoms. The van der Waals surface area contributed by atoms with Crippen molar-refractivity contribution in [1.29, 1.82) is 0 Å². The number of hydrogen-bond acceptors (Lipinski definition) is 4. The van der Waals surface area contributed by atoms with Crippen molar-refractivity contribution in [2.24, 2.45) is 7.05 Å². The fourth-order valence-electron chi connectivity index (χ4n) is 2.99. The SMILES string of the molecule is CN1C(=O)C[C@@H](NC(=O)Cc2ccn(C)n2)[C@@H]1c1cccnc1. The molecule has 3 rings (SSSR count). The first-order valence-corrected chi connectivity index (χ1v) is 7.48. The van der Waals surface area contributed by atoms with Crippen molar-refractivity contribution in [1.82, 2.24) is 25.0 Å². The number of amides is 2. The second kappa shape index (κ2) is 6.20. The Morgan fingerprint density at radius 1 is 1.39 bits per heavy atom. The highest BCUT2D eigenvalue weighted by molar-refractivity contribution is 5.83. The van der Waals surface area contributed by atoms with E-state index in [1.165, 1.54) is 0 Å². The second-order valence-corrected chi connectivity index (χ2v) is 5.77. The van der Waals surface area contributed by atoms with Crippen molar-refractivity contribution in [3.05, 3.63) is 48.0 Å². The second-order valence-electron chi connectivity index (χ2n) is 5.77. The molecule has 2 atom stereocenters. The highest BCUT2D eigenvalue weighted by Gasteiger charge is 2.39. The Hall–Kier alpha value is -2.70. The Labute approximate surface area is 134 Å². The van der Waals surface area contributed by atoms with Crippen LogP contribution in [0, 0.1) is 0 Å². The highest BCUT2D eigenvalue weighted by atomic mass is 16.2. The summed E-state index contributed by atoms with van der Waals surface area (Å²) in [5, 5.41) is 7.17. The summed E-state index contributed by atoms with van der Waals surface area (Å²) in [7, 11) is 3.56. The monoisotopic (exact) mass is 313 g/mol. The van der Waals surface area contributed by atoms with E-state index in [0.29, 0.717) is 12.1 Å². The summed E-state index contributed by atoms with van der Waals surface area (Å²) < 4.78 is 1.66. The maximum atomic E-state index is 12.3. The fourth-order valence-corrected chi connectivity index (χ4v) is 2.99. The zero-order valence-corrected chi connectivity index (χ0v) is 13.1. The minimum Gasteiger partial charge on any atom is -0.350 e. The van der Waals surface area contributed by atoms with E-state index in [1.807, 2.05) is 25.2 Å². The van der Waals surface area contributed by atoms with E-state index in [9.17, 15) is 9.59 Å². The summed E-state index contributed by atoms with van der Waals surface area (Å²) in [4.78, 5) is 30.1. The first kappa shape index (κ1) is 15.2. The molecule has 0 bridgehead atoms. The van der Waals surface area contributed by atoms with Crippen LogP contribution < -0.4 is 5.32 Å². The van der Waals surface area contributed by atoms with Crippen molar-refractivity contribution >= 4 is 11.8 Å². The molecule has 7 nitrogen and oxygen atoms in total. The maximum Gasteiger partial charge on any atom is 0.226 e. The van der Waals surface area contributed by atoms with Crippen molar-refractivity contribution in [2.45, 2.75) is 24.9 Å². The van der Waals surface area contributed by atoms with Gasteiger partial charge in [0.1, 0.15) is 0 Å². The number of rotatable bonds is 4. The average Bonchev–Trinajstić information content (AvgIpc) is 3.04. The summed E-state index contributed by atoms with van der Waals surface area (Å²) in [6.45, 7) is 0. The normalized spacial score (nSPS) is 20.8. The Morgan fingerprint density at radius 3 is 2.87 bits per heavy atom. The molecule has 2 amide bonds. The predicted molar refractivity (Wildman–Crippen MR) is 83.2 cm³/mol. The molecule has 1 N–H and O–H groups in total. The van der Waals surface area contributed by atoms with E-state index in [1.54, 1.807) is 35.2 Å². The van der Waals surface area contributed by atoms with Gasteiger partial charge in [0.2, 0.25) is 11.8 Å². The van der Waals surface area contributed by atoms with Gasteiger partial charge in [-0.1, -0.05) is 6.07 Å². The first-order chi connectivity index (χ1) is 11.0. The lowest BCUT2D eigenvalue weighted by Crippen LogP contribution is -2.39. The third-order valence-corrected chi connectivity index (χ3v) is 4.07. The van der Waals surface area contributed by atoms with E-state index >= 15 is 0 Å². The molecular weight excluding hydrogens is 294 g/mol. The lowest BCUT2D eigenvalue weighted by atomic mass is 10.0. The molecule has 0 unspecified atom stereocenters. The van der Waals surface area contributed by atoms with Gasteiger partial charge in [-0.15, -0.1) is 0 Å². The largest absolute Gasteiger partial charge is 0.350 e. The highest BCUT2D eigenvalue weighted by Crippen LogP contribution is 2.31. The van der Waals surface area contributed by atoms with Crippen LogP contribution in [-0.4, -0.2) is 44.6 Å². The van der Waals surface area contributed by atoms with Crippen LogP contribution >= 0.6 is 0 Å². The third kappa shape index (κ3) is 3.23. The predicted octanol–water partition coefficient (Wildman–Crippen LogP) is 0.446. The van der Waals surface area contributed by atoms with Crippen LogP contribution in [0.5, 0.6) is 0 Å². The van der Waals surface area contributed by atoms with Gasteiger partial charge in [0.15, 0.2) is 0 Å². The summed E-state index contributed by atoms with van der Waals surface area (Å²) >= 11 is 0. The molecule has 0 radical (unpaired) electrons. The number of aromatic nitrogens is 3. The molecule has 2 aromatic rings. The molecule has 1 aliphatic rings. The zero-order valence-electron chi connectivity index (χ0n) is 13.1. The Kier molecular flexibility index (Phi) is 4.10. The quantitative estimate of drug-likeness (QED) is 0.888. The van der Waals surface area contributed by atoms with E-state index in [4.69, 9.17) is 0 Å². The number of carbonyl (C=O) groups excluding carboxylic acids is 2. The van der Waals surface area contributed by atoms with Gasteiger partial charge < -0.3 is 10.2 Å². The lowest BCUT2D eigenvalue weighted by Gasteiger charge is -2.25. The molecule has 120 valence electrons. The number of likely N-dealkylation sites (N-methyl/N-ethyl adjacent to an activating group) is 1. The van der Waals surface area contributed by atoms with Gasteiger partial charge in [0, 0.05) is 39.1 Å². The summed E-state index contributed by atoms with van der Waals surface area (Å²) in [6.07, 6.45) is 5.72. The fraction of sp³-hybridized carbons (Fsp3) is 0.375. The van der Waals surface area contributed by atoms with Crippen LogP contribution in [0.1, 0.15) is 23.7 Å². The summed E-state index contributed by atoms with van der Waals surface area (Å²) in [6, 6.07) is 5.12. The average molecular weight is 313 g/mol. The van der Waals surface area contributed by atoms with Crippen LogP contribution in [0.2, 0.25) is 0 Å². The van der Waals surface area contributed by atoms with Gasteiger partial charge in [-0.3, -0.25) is 19.3 Å². The van der Waals surface area contributed by atoms with Gasteiger partial charge in [0.25, 0.3) is 0 Å². The molecule has 7 heteroatoms. The number of nitrogens with zero attached hydrogens (tertiary/aromatic N) is 4. The van der Waals surface area contributed by atoms with Crippen LogP contribution in [-0.2, 0) is 23.1 Å². The van der Waals surface area contributed by atoms with Gasteiger partial charge in [-0.25, -0.2) is 0 Å². The van der Waals surface area contributed by atoms with Gasteiger partial charge in [0.05, 0.1) is 24.2 Å². The molecule has 3 heterocycles. The molecule has 23 heavy (non-hydrogen) atoms. The van der Waals surface area contributed by atoms with Crippen molar-refractivity contribution in [3.8, 4) is 0 Å². The Morgan fingerprint density at radius 2 is 2.22 bits per heavy atom. The maximum absolute atomic E-state index is 12.3. The van der Waals surface area contributed by atoms with Crippen LogP contribution in [0.15, 0.2) is 36.8 Å². The van der Waals surface area contributed by atoms with Crippen molar-refractivity contribution in [3.63, 3.8) is 0 Å².